The minimum atomic E-state index is -1.28. The zero-order valence-electron chi connectivity index (χ0n) is 26.2. The molecule has 0 fully saturated rings. The second kappa shape index (κ2) is 14.8. The topological polar surface area (TPSA) is 211 Å². The van der Waals surface area contributed by atoms with Gasteiger partial charge in [0.05, 0.1) is 12.4 Å². The van der Waals surface area contributed by atoms with Crippen molar-refractivity contribution in [2.24, 2.45) is 11.7 Å². The Morgan fingerprint density at radius 3 is 1.81 bits per heavy atom. The summed E-state index contributed by atoms with van der Waals surface area (Å²) in [5, 5.41) is 20.0. The van der Waals surface area contributed by atoms with E-state index in [9.17, 15) is 24.3 Å². The molecule has 5 atom stereocenters. The molecule has 13 nitrogen and oxygen atoms in total. The van der Waals surface area contributed by atoms with Gasteiger partial charge in [-0.15, -0.1) is 0 Å². The Labute approximate surface area is 271 Å². The Morgan fingerprint density at radius 2 is 1.28 bits per heavy atom. The number of nitrogens with two attached hydrogens (primary N) is 1. The fraction of sp³-hybridized carbons (Fsp3) is 0.324. The van der Waals surface area contributed by atoms with Crippen LogP contribution in [0.15, 0.2) is 73.4 Å². The summed E-state index contributed by atoms with van der Waals surface area (Å²) in [6, 6.07) is 10.7. The predicted octanol–water partition coefficient (Wildman–Crippen LogP) is 2.31. The van der Waals surface area contributed by atoms with Crippen molar-refractivity contribution in [2.45, 2.75) is 63.7 Å². The van der Waals surface area contributed by atoms with Crippen LogP contribution in [0.25, 0.3) is 21.8 Å². The average Bonchev–Trinajstić information content (AvgIpc) is 3.84. The molecule has 0 aliphatic carbocycles. The number of aliphatic carboxylic acids is 1. The number of nitrogens with one attached hydrogen (secondary N) is 6. The monoisotopic (exact) mass is 640 g/mol. The van der Waals surface area contributed by atoms with Gasteiger partial charge in [0.1, 0.15) is 18.1 Å². The maximum Gasteiger partial charge on any atom is 0.326 e. The van der Waals surface area contributed by atoms with Crippen molar-refractivity contribution in [3.63, 3.8) is 0 Å². The summed E-state index contributed by atoms with van der Waals surface area (Å²) >= 11 is 0. The lowest BCUT2D eigenvalue weighted by Crippen LogP contribution is -2.58. The minimum absolute atomic E-state index is 0.00284. The average molecular weight is 641 g/mol. The SMILES string of the molecule is CCC(C)C(N)C(=O)NC(Cc1c[nH]c2ccccc12)C(=O)NC(Cc1cnc[nH]1)C(=O)NC(Cc1c[nH]c2ccccc12)C(=O)O. The van der Waals surface area contributed by atoms with Gasteiger partial charge in [-0.2, -0.15) is 0 Å². The number of fused-ring (bicyclic) bond motifs is 2. The van der Waals surface area contributed by atoms with Gasteiger partial charge < -0.3 is 41.7 Å². The molecule has 47 heavy (non-hydrogen) atoms. The largest absolute Gasteiger partial charge is 0.480 e. The molecule has 5 aromatic rings. The van der Waals surface area contributed by atoms with Gasteiger partial charge in [-0.05, 0) is 29.2 Å². The van der Waals surface area contributed by atoms with Crippen molar-refractivity contribution in [3.8, 4) is 0 Å². The lowest BCUT2D eigenvalue weighted by atomic mass is 9.98. The number of carbonyl (C=O) groups is 4. The number of H-pyrrole nitrogens is 3. The van der Waals surface area contributed by atoms with Crippen LogP contribution >= 0.6 is 0 Å². The smallest absolute Gasteiger partial charge is 0.326 e. The summed E-state index contributed by atoms with van der Waals surface area (Å²) in [7, 11) is 0. The number of hydrogen-bond acceptors (Lipinski definition) is 6. The van der Waals surface area contributed by atoms with Gasteiger partial charge >= 0.3 is 5.97 Å². The fourth-order valence-corrected chi connectivity index (χ4v) is 5.60. The maximum absolute atomic E-state index is 14.0. The van der Waals surface area contributed by atoms with Crippen molar-refractivity contribution in [2.75, 3.05) is 0 Å². The summed E-state index contributed by atoms with van der Waals surface area (Å²) in [6.07, 6.45) is 7.26. The van der Waals surface area contributed by atoms with Crippen molar-refractivity contribution < 1.29 is 24.3 Å². The first-order valence-electron chi connectivity index (χ1n) is 15.6. The van der Waals surface area contributed by atoms with Crippen LogP contribution in [0.4, 0.5) is 0 Å². The molecule has 3 amide bonds. The van der Waals surface area contributed by atoms with E-state index in [1.165, 1.54) is 12.5 Å². The van der Waals surface area contributed by atoms with E-state index < -0.39 is 47.9 Å². The Bertz CT molecular complexity index is 1850. The van der Waals surface area contributed by atoms with Crippen LogP contribution in [-0.2, 0) is 38.4 Å². The molecule has 2 aromatic carbocycles. The highest BCUT2D eigenvalue weighted by molar-refractivity contribution is 5.95. The van der Waals surface area contributed by atoms with Gasteiger partial charge in [-0.25, -0.2) is 9.78 Å². The van der Waals surface area contributed by atoms with Crippen molar-refractivity contribution in [1.82, 2.24) is 35.9 Å². The summed E-state index contributed by atoms with van der Waals surface area (Å²) in [5.41, 5.74) is 9.99. The molecule has 3 heterocycles. The first-order valence-corrected chi connectivity index (χ1v) is 15.6. The third-order valence-corrected chi connectivity index (χ3v) is 8.62. The van der Waals surface area contributed by atoms with Crippen LogP contribution in [0.1, 0.15) is 37.1 Å². The molecule has 0 saturated carbocycles. The predicted molar refractivity (Wildman–Crippen MR) is 177 cm³/mol. The maximum atomic E-state index is 14.0. The first kappa shape index (κ1) is 32.9. The van der Waals surface area contributed by atoms with E-state index in [2.05, 4.69) is 35.9 Å². The normalized spacial score (nSPS) is 14.6. The Morgan fingerprint density at radius 1 is 0.766 bits per heavy atom. The van der Waals surface area contributed by atoms with Crippen LogP contribution in [0.3, 0.4) is 0 Å². The number of imidazole rings is 1. The number of carbonyl (C=O) groups excluding carboxylic acids is 3. The molecule has 0 spiro atoms. The van der Waals surface area contributed by atoms with Gasteiger partial charge in [0, 0.05) is 65.4 Å². The molecule has 0 bridgehead atoms. The molecular weight excluding hydrogens is 600 g/mol. The second-order valence-corrected chi connectivity index (χ2v) is 11.8. The number of rotatable bonds is 15. The third kappa shape index (κ3) is 7.87. The number of nitrogens with zero attached hydrogens (tertiary/aromatic N) is 1. The minimum Gasteiger partial charge on any atom is -0.480 e. The molecule has 246 valence electrons. The highest BCUT2D eigenvalue weighted by Crippen LogP contribution is 2.21. The van der Waals surface area contributed by atoms with Crippen LogP contribution in [-0.4, -0.2) is 72.9 Å². The van der Waals surface area contributed by atoms with E-state index in [0.29, 0.717) is 12.1 Å². The molecule has 0 aliphatic rings. The van der Waals surface area contributed by atoms with E-state index in [1.54, 1.807) is 12.4 Å². The van der Waals surface area contributed by atoms with Crippen LogP contribution in [0, 0.1) is 5.92 Å². The zero-order chi connectivity index (χ0) is 33.5. The quantitative estimate of drug-likeness (QED) is 0.0855. The van der Waals surface area contributed by atoms with Gasteiger partial charge in [-0.3, -0.25) is 14.4 Å². The summed E-state index contributed by atoms with van der Waals surface area (Å²) in [5.74, 6) is -3.16. The highest BCUT2D eigenvalue weighted by atomic mass is 16.4. The third-order valence-electron chi connectivity index (χ3n) is 8.62. The zero-order valence-corrected chi connectivity index (χ0v) is 26.2. The number of carboxylic acids is 1. The number of para-hydroxylation sites is 2. The lowest BCUT2D eigenvalue weighted by Gasteiger charge is -2.26. The van der Waals surface area contributed by atoms with E-state index in [1.807, 2.05) is 62.4 Å². The van der Waals surface area contributed by atoms with Gasteiger partial charge in [0.15, 0.2) is 0 Å². The van der Waals surface area contributed by atoms with E-state index in [4.69, 9.17) is 5.73 Å². The van der Waals surface area contributed by atoms with Crippen molar-refractivity contribution >= 4 is 45.5 Å². The van der Waals surface area contributed by atoms with E-state index in [-0.39, 0.29) is 25.2 Å². The lowest BCUT2D eigenvalue weighted by molar-refractivity contribution is -0.142. The number of aromatic nitrogens is 4. The molecule has 3 aromatic heterocycles. The Hall–Kier alpha value is -5.43. The van der Waals surface area contributed by atoms with Crippen molar-refractivity contribution in [3.05, 3.63) is 90.3 Å². The summed E-state index contributed by atoms with van der Waals surface area (Å²) < 4.78 is 0. The van der Waals surface area contributed by atoms with Crippen molar-refractivity contribution in [1.29, 1.82) is 0 Å². The second-order valence-electron chi connectivity index (χ2n) is 11.8. The molecular formula is C34H40N8O5. The molecule has 0 aliphatic heterocycles. The number of aromatic amines is 3. The number of amides is 3. The standard InChI is InChI=1S/C34H40N8O5/c1-3-19(2)30(35)33(45)41-27(12-20-15-37-25-10-6-4-8-23(20)25)31(43)40-28(14-22-17-36-18-39-22)32(44)42-29(34(46)47)13-21-16-38-26-11-7-5-9-24(21)26/h4-11,15-19,27-30,37-38H,3,12-14,35H2,1-2H3,(H,36,39)(H,40,43)(H,41,45)(H,42,44)(H,46,47). The van der Waals surface area contributed by atoms with Crippen LogP contribution < -0.4 is 21.7 Å². The number of carboxylic acid groups (broad SMARTS) is 1. The molecule has 5 unspecified atom stereocenters. The highest BCUT2D eigenvalue weighted by Gasteiger charge is 2.32. The molecule has 0 saturated heterocycles. The summed E-state index contributed by atoms with van der Waals surface area (Å²) in [4.78, 5) is 66.5. The first-order chi connectivity index (χ1) is 22.6. The molecule has 9 N–H and O–H groups in total. The van der Waals surface area contributed by atoms with Gasteiger partial charge in [-0.1, -0.05) is 56.7 Å². The Balaban J connectivity index is 1.38. The van der Waals surface area contributed by atoms with E-state index in [0.717, 1.165) is 32.9 Å². The Kier molecular flexibility index (Phi) is 10.4. The molecule has 5 rings (SSSR count). The van der Waals surface area contributed by atoms with Crippen LogP contribution in [0.2, 0.25) is 0 Å². The fourth-order valence-electron chi connectivity index (χ4n) is 5.60. The molecule has 0 radical (unpaired) electrons. The summed E-state index contributed by atoms with van der Waals surface area (Å²) in [6.45, 7) is 3.79. The van der Waals surface area contributed by atoms with Crippen LogP contribution in [0.5, 0.6) is 0 Å². The van der Waals surface area contributed by atoms with Gasteiger partial charge in [0.25, 0.3) is 0 Å². The molecule has 13 heteroatoms. The number of benzene rings is 2. The van der Waals surface area contributed by atoms with E-state index >= 15 is 0 Å². The number of hydrogen-bond donors (Lipinski definition) is 8. The van der Waals surface area contributed by atoms with Gasteiger partial charge in [0.2, 0.25) is 17.7 Å².